The van der Waals surface area contributed by atoms with Gasteiger partial charge >= 0.3 is 6.18 Å². The minimum absolute atomic E-state index is 0.338. The SMILES string of the molecule is CCCN(CC1CCCN1)c1nnc(C(F)(F)F)s1. The second-order valence-electron chi connectivity index (χ2n) is 4.63. The molecule has 1 aliphatic heterocycles. The van der Waals surface area contributed by atoms with Crippen molar-refractivity contribution in [3.63, 3.8) is 0 Å². The van der Waals surface area contributed by atoms with Crippen LogP contribution in [-0.4, -0.2) is 35.9 Å². The lowest BCUT2D eigenvalue weighted by molar-refractivity contribution is -0.138. The zero-order valence-electron chi connectivity index (χ0n) is 10.7. The van der Waals surface area contributed by atoms with Gasteiger partial charge in [-0.3, -0.25) is 0 Å². The van der Waals surface area contributed by atoms with E-state index >= 15 is 0 Å². The number of aromatic nitrogens is 2. The van der Waals surface area contributed by atoms with E-state index in [2.05, 4.69) is 15.5 Å². The van der Waals surface area contributed by atoms with Gasteiger partial charge in [0.15, 0.2) is 0 Å². The number of halogens is 3. The van der Waals surface area contributed by atoms with Crippen LogP contribution in [0, 0.1) is 0 Å². The van der Waals surface area contributed by atoms with E-state index < -0.39 is 11.2 Å². The van der Waals surface area contributed by atoms with Crippen LogP contribution in [0.5, 0.6) is 0 Å². The van der Waals surface area contributed by atoms with Gasteiger partial charge < -0.3 is 10.2 Å². The minimum Gasteiger partial charge on any atom is -0.345 e. The Morgan fingerprint density at radius 3 is 2.74 bits per heavy atom. The number of anilines is 1. The van der Waals surface area contributed by atoms with Gasteiger partial charge in [0.2, 0.25) is 10.1 Å². The van der Waals surface area contributed by atoms with Gasteiger partial charge in [-0.15, -0.1) is 10.2 Å². The molecule has 0 saturated carbocycles. The Morgan fingerprint density at radius 2 is 2.21 bits per heavy atom. The molecule has 1 fully saturated rings. The van der Waals surface area contributed by atoms with Crippen molar-refractivity contribution in [3.8, 4) is 0 Å². The molecule has 0 bridgehead atoms. The summed E-state index contributed by atoms with van der Waals surface area (Å²) >= 11 is 0.622. The predicted octanol–water partition coefficient (Wildman–Crippen LogP) is 2.53. The molecular weight excluding hydrogens is 277 g/mol. The fraction of sp³-hybridized carbons (Fsp3) is 0.818. The van der Waals surface area contributed by atoms with E-state index in [-0.39, 0.29) is 0 Å². The Hall–Kier alpha value is -0.890. The highest BCUT2D eigenvalue weighted by molar-refractivity contribution is 7.15. The third-order valence-electron chi connectivity index (χ3n) is 3.02. The number of alkyl halides is 3. The molecule has 0 aliphatic carbocycles. The van der Waals surface area contributed by atoms with E-state index in [1.165, 1.54) is 0 Å². The summed E-state index contributed by atoms with van der Waals surface area (Å²) in [6.45, 7) is 4.38. The molecule has 2 rings (SSSR count). The molecule has 1 aromatic heterocycles. The van der Waals surface area contributed by atoms with Crippen molar-refractivity contribution in [2.24, 2.45) is 0 Å². The van der Waals surface area contributed by atoms with E-state index in [9.17, 15) is 13.2 Å². The second kappa shape index (κ2) is 6.04. The van der Waals surface area contributed by atoms with Gasteiger partial charge in [-0.2, -0.15) is 13.2 Å². The van der Waals surface area contributed by atoms with Crippen molar-refractivity contribution >= 4 is 16.5 Å². The molecule has 0 spiro atoms. The monoisotopic (exact) mass is 294 g/mol. The van der Waals surface area contributed by atoms with Gasteiger partial charge in [-0.1, -0.05) is 18.3 Å². The highest BCUT2D eigenvalue weighted by Gasteiger charge is 2.36. The molecule has 1 atom stereocenters. The lowest BCUT2D eigenvalue weighted by Crippen LogP contribution is -2.38. The Balaban J connectivity index is 2.07. The topological polar surface area (TPSA) is 41.0 Å². The molecule has 108 valence electrons. The predicted molar refractivity (Wildman–Crippen MR) is 68.4 cm³/mol. The van der Waals surface area contributed by atoms with Gasteiger partial charge in [0.05, 0.1) is 0 Å². The fourth-order valence-electron chi connectivity index (χ4n) is 2.17. The maximum absolute atomic E-state index is 12.5. The van der Waals surface area contributed by atoms with Crippen molar-refractivity contribution in [2.75, 3.05) is 24.5 Å². The summed E-state index contributed by atoms with van der Waals surface area (Å²) < 4.78 is 37.6. The maximum atomic E-state index is 12.5. The molecule has 8 heteroatoms. The van der Waals surface area contributed by atoms with Crippen LogP contribution >= 0.6 is 11.3 Å². The van der Waals surface area contributed by atoms with Crippen LogP contribution in [0.25, 0.3) is 0 Å². The third-order valence-corrected chi connectivity index (χ3v) is 4.05. The molecule has 1 unspecified atom stereocenters. The Bertz CT molecular complexity index is 401. The standard InChI is InChI=1S/C11H17F3N4S/c1-2-6-18(7-8-4-3-5-15-8)10-17-16-9(19-10)11(12,13)14/h8,15H,2-7H2,1H3. The summed E-state index contributed by atoms with van der Waals surface area (Å²) in [5.41, 5.74) is 0. The molecule has 0 radical (unpaired) electrons. The van der Waals surface area contributed by atoms with Crippen LogP contribution in [0.4, 0.5) is 18.3 Å². The summed E-state index contributed by atoms with van der Waals surface area (Å²) in [5, 5.41) is 9.77. The van der Waals surface area contributed by atoms with Gasteiger partial charge in [-0.25, -0.2) is 0 Å². The Kier molecular flexibility index (Phi) is 4.62. The van der Waals surface area contributed by atoms with Crippen molar-refractivity contribution in [1.29, 1.82) is 0 Å². The summed E-state index contributed by atoms with van der Waals surface area (Å²) in [7, 11) is 0. The normalized spacial score (nSPS) is 19.9. The Labute approximate surface area is 114 Å². The molecular formula is C11H17F3N4S. The Morgan fingerprint density at radius 1 is 1.42 bits per heavy atom. The van der Waals surface area contributed by atoms with Gasteiger partial charge in [0.1, 0.15) is 0 Å². The smallest absolute Gasteiger partial charge is 0.345 e. The molecule has 1 saturated heterocycles. The lowest BCUT2D eigenvalue weighted by Gasteiger charge is -2.24. The molecule has 1 aromatic rings. The second-order valence-corrected chi connectivity index (χ2v) is 5.58. The summed E-state index contributed by atoms with van der Waals surface area (Å²) in [4.78, 5) is 1.90. The molecule has 2 heterocycles. The number of rotatable bonds is 5. The van der Waals surface area contributed by atoms with E-state index in [0.717, 1.165) is 25.8 Å². The summed E-state index contributed by atoms with van der Waals surface area (Å²) in [6, 6.07) is 0.338. The first-order valence-electron chi connectivity index (χ1n) is 6.39. The largest absolute Gasteiger partial charge is 0.445 e. The molecule has 4 nitrogen and oxygen atoms in total. The quantitative estimate of drug-likeness (QED) is 0.906. The third kappa shape index (κ3) is 3.79. The first-order valence-corrected chi connectivity index (χ1v) is 7.21. The molecule has 1 N–H and O–H groups in total. The number of nitrogens with one attached hydrogen (secondary N) is 1. The number of hydrogen-bond donors (Lipinski definition) is 1. The average molecular weight is 294 g/mol. The van der Waals surface area contributed by atoms with Crippen molar-refractivity contribution in [1.82, 2.24) is 15.5 Å². The highest BCUT2D eigenvalue weighted by atomic mass is 32.1. The molecule has 1 aliphatic rings. The first kappa shape index (κ1) is 14.5. The van der Waals surface area contributed by atoms with Crippen molar-refractivity contribution < 1.29 is 13.2 Å². The average Bonchev–Trinajstić information content (AvgIpc) is 2.98. The first-order chi connectivity index (χ1) is 9.00. The van der Waals surface area contributed by atoms with Crippen LogP contribution in [0.15, 0.2) is 0 Å². The van der Waals surface area contributed by atoms with Gasteiger partial charge in [-0.05, 0) is 25.8 Å². The summed E-state index contributed by atoms with van der Waals surface area (Å²) in [6.07, 6.45) is -1.35. The number of nitrogens with zero attached hydrogens (tertiary/aromatic N) is 3. The van der Waals surface area contributed by atoms with E-state index in [1.54, 1.807) is 0 Å². The molecule has 19 heavy (non-hydrogen) atoms. The van der Waals surface area contributed by atoms with Crippen LogP contribution in [-0.2, 0) is 6.18 Å². The zero-order valence-corrected chi connectivity index (χ0v) is 11.5. The summed E-state index contributed by atoms with van der Waals surface area (Å²) in [5.74, 6) is 0. The lowest BCUT2D eigenvalue weighted by atomic mass is 10.2. The fourth-order valence-corrected chi connectivity index (χ4v) is 2.92. The maximum Gasteiger partial charge on any atom is 0.445 e. The van der Waals surface area contributed by atoms with Gasteiger partial charge in [0.25, 0.3) is 0 Å². The minimum atomic E-state index is -4.40. The van der Waals surface area contributed by atoms with Crippen LogP contribution in [0.2, 0.25) is 0 Å². The molecule has 0 amide bonds. The van der Waals surface area contributed by atoms with E-state index in [1.807, 2.05) is 11.8 Å². The zero-order chi connectivity index (χ0) is 13.9. The number of hydrogen-bond acceptors (Lipinski definition) is 5. The van der Waals surface area contributed by atoms with E-state index in [4.69, 9.17) is 0 Å². The van der Waals surface area contributed by atoms with Crippen LogP contribution in [0.1, 0.15) is 31.2 Å². The van der Waals surface area contributed by atoms with Gasteiger partial charge in [0, 0.05) is 19.1 Å². The highest BCUT2D eigenvalue weighted by Crippen LogP contribution is 2.34. The van der Waals surface area contributed by atoms with Crippen LogP contribution < -0.4 is 10.2 Å². The van der Waals surface area contributed by atoms with Crippen molar-refractivity contribution in [2.45, 2.75) is 38.4 Å². The van der Waals surface area contributed by atoms with Crippen LogP contribution in [0.3, 0.4) is 0 Å². The molecule has 0 aromatic carbocycles. The van der Waals surface area contributed by atoms with E-state index in [0.29, 0.717) is 35.6 Å². The van der Waals surface area contributed by atoms with Crippen molar-refractivity contribution in [3.05, 3.63) is 5.01 Å².